The first-order valence-corrected chi connectivity index (χ1v) is 4.62. The maximum Gasteiger partial charge on any atom is 0.152 e. The smallest absolute Gasteiger partial charge is 0.152 e. The summed E-state index contributed by atoms with van der Waals surface area (Å²) in [5.41, 5.74) is 0. The summed E-state index contributed by atoms with van der Waals surface area (Å²) in [7, 11) is 3.99. The average molecular weight is 165 g/mol. The van der Waals surface area contributed by atoms with Gasteiger partial charge >= 0.3 is 0 Å². The maximum atomic E-state index is 10.1. The van der Waals surface area contributed by atoms with Crippen LogP contribution in [0.1, 0.15) is 12.8 Å². The monoisotopic (exact) mass is 165 g/mol. The van der Waals surface area contributed by atoms with E-state index < -0.39 is 11.1 Å². The standard InChI is InChI=1S/C6H15NO2S/c1-7(2)5-3-4-6-10(8)9/h3-6H2,1-2H3,(H,8,9). The van der Waals surface area contributed by atoms with E-state index in [1.807, 2.05) is 14.1 Å². The molecule has 0 heterocycles. The first-order valence-electron chi connectivity index (χ1n) is 3.35. The number of rotatable bonds is 5. The molecule has 0 rings (SSSR count). The predicted molar refractivity (Wildman–Crippen MR) is 43.4 cm³/mol. The molecule has 0 fully saturated rings. The van der Waals surface area contributed by atoms with Crippen LogP contribution in [0.25, 0.3) is 0 Å². The van der Waals surface area contributed by atoms with Crippen molar-refractivity contribution in [3.63, 3.8) is 0 Å². The third-order valence-corrected chi connectivity index (χ3v) is 1.81. The molecule has 0 bridgehead atoms. The predicted octanol–water partition coefficient (Wildman–Crippen LogP) is 0.550. The summed E-state index contributed by atoms with van der Waals surface area (Å²) in [4.78, 5) is 2.07. The van der Waals surface area contributed by atoms with Gasteiger partial charge in [-0.15, -0.1) is 0 Å². The van der Waals surface area contributed by atoms with E-state index in [1.54, 1.807) is 0 Å². The Morgan fingerprint density at radius 3 is 2.40 bits per heavy atom. The lowest BCUT2D eigenvalue weighted by molar-refractivity contribution is 0.398. The molecule has 0 aromatic heterocycles. The fourth-order valence-corrected chi connectivity index (χ4v) is 1.10. The van der Waals surface area contributed by atoms with Crippen molar-refractivity contribution in [2.24, 2.45) is 0 Å². The molecular weight excluding hydrogens is 150 g/mol. The summed E-state index contributed by atoms with van der Waals surface area (Å²) >= 11 is -1.60. The van der Waals surface area contributed by atoms with Crippen LogP contribution in [0, 0.1) is 0 Å². The lowest BCUT2D eigenvalue weighted by Gasteiger charge is -2.07. The normalized spacial score (nSPS) is 14.0. The van der Waals surface area contributed by atoms with E-state index in [2.05, 4.69) is 4.90 Å². The summed E-state index contributed by atoms with van der Waals surface area (Å²) < 4.78 is 18.5. The van der Waals surface area contributed by atoms with Gasteiger partial charge in [-0.05, 0) is 33.5 Å². The summed E-state index contributed by atoms with van der Waals surface area (Å²) in [6.45, 7) is 0.997. The Hall–Kier alpha value is 0.0700. The second-order valence-electron chi connectivity index (χ2n) is 2.54. The lowest BCUT2D eigenvalue weighted by Crippen LogP contribution is -2.13. The van der Waals surface area contributed by atoms with Gasteiger partial charge in [0.25, 0.3) is 0 Å². The molecular formula is C6H15NO2S. The van der Waals surface area contributed by atoms with Crippen LogP contribution in [0.15, 0.2) is 0 Å². The first-order chi connectivity index (χ1) is 4.63. The van der Waals surface area contributed by atoms with Gasteiger partial charge in [-0.25, -0.2) is 4.21 Å². The largest absolute Gasteiger partial charge is 0.309 e. The molecule has 0 saturated carbocycles. The highest BCUT2D eigenvalue weighted by atomic mass is 32.2. The molecule has 0 spiro atoms. The minimum absolute atomic E-state index is 0.411. The fourth-order valence-electron chi connectivity index (χ4n) is 0.654. The first kappa shape index (κ1) is 10.1. The zero-order valence-corrected chi connectivity index (χ0v) is 7.36. The molecule has 62 valence electrons. The summed E-state index contributed by atoms with van der Waals surface area (Å²) in [5.74, 6) is 0.411. The van der Waals surface area contributed by atoms with Gasteiger partial charge in [0.1, 0.15) is 0 Å². The van der Waals surface area contributed by atoms with Crippen LogP contribution in [0.5, 0.6) is 0 Å². The maximum absolute atomic E-state index is 10.1. The van der Waals surface area contributed by atoms with Gasteiger partial charge in [0.15, 0.2) is 11.1 Å². The van der Waals surface area contributed by atoms with Crippen LogP contribution in [0.2, 0.25) is 0 Å². The fraction of sp³-hybridized carbons (Fsp3) is 1.00. The Morgan fingerprint density at radius 1 is 1.40 bits per heavy atom. The Bertz CT molecular complexity index is 106. The Balaban J connectivity index is 2.98. The number of nitrogens with zero attached hydrogens (tertiary/aromatic N) is 1. The Morgan fingerprint density at radius 2 is 2.00 bits per heavy atom. The van der Waals surface area contributed by atoms with Crippen LogP contribution in [-0.4, -0.2) is 40.1 Å². The van der Waals surface area contributed by atoms with Gasteiger partial charge < -0.3 is 9.45 Å². The van der Waals surface area contributed by atoms with Crippen molar-refractivity contribution >= 4 is 11.1 Å². The van der Waals surface area contributed by atoms with Crippen molar-refractivity contribution in [3.05, 3.63) is 0 Å². The number of unbranched alkanes of at least 4 members (excludes halogenated alkanes) is 1. The van der Waals surface area contributed by atoms with Crippen LogP contribution in [0.4, 0.5) is 0 Å². The van der Waals surface area contributed by atoms with E-state index in [0.29, 0.717) is 5.75 Å². The van der Waals surface area contributed by atoms with Gasteiger partial charge in [-0.2, -0.15) is 0 Å². The number of hydrogen-bond donors (Lipinski definition) is 1. The highest BCUT2D eigenvalue weighted by molar-refractivity contribution is 7.79. The SMILES string of the molecule is CN(C)CCCCS(=O)O. The average Bonchev–Trinajstić information content (AvgIpc) is 1.79. The molecule has 0 aromatic rings. The van der Waals surface area contributed by atoms with E-state index in [-0.39, 0.29) is 0 Å². The Kier molecular flexibility index (Phi) is 5.87. The van der Waals surface area contributed by atoms with Gasteiger partial charge in [-0.3, -0.25) is 0 Å². The minimum Gasteiger partial charge on any atom is -0.309 e. The molecule has 1 unspecified atom stereocenters. The van der Waals surface area contributed by atoms with Crippen LogP contribution in [-0.2, 0) is 11.1 Å². The zero-order chi connectivity index (χ0) is 7.98. The van der Waals surface area contributed by atoms with Crippen molar-refractivity contribution in [3.8, 4) is 0 Å². The molecule has 0 aliphatic heterocycles. The molecule has 0 aliphatic rings. The van der Waals surface area contributed by atoms with Crippen molar-refractivity contribution < 1.29 is 8.76 Å². The van der Waals surface area contributed by atoms with Crippen molar-refractivity contribution in [2.75, 3.05) is 26.4 Å². The van der Waals surface area contributed by atoms with Gasteiger partial charge in [-0.1, -0.05) is 0 Å². The molecule has 0 amide bonds. The van der Waals surface area contributed by atoms with Gasteiger partial charge in [0.05, 0.1) is 0 Å². The van der Waals surface area contributed by atoms with E-state index >= 15 is 0 Å². The number of hydrogen-bond acceptors (Lipinski definition) is 2. The highest BCUT2D eigenvalue weighted by Gasteiger charge is 1.94. The van der Waals surface area contributed by atoms with Crippen LogP contribution in [0.3, 0.4) is 0 Å². The van der Waals surface area contributed by atoms with E-state index in [9.17, 15) is 4.21 Å². The van der Waals surface area contributed by atoms with Crippen molar-refractivity contribution in [2.45, 2.75) is 12.8 Å². The summed E-state index contributed by atoms with van der Waals surface area (Å²) in [6.07, 6.45) is 1.83. The van der Waals surface area contributed by atoms with E-state index in [4.69, 9.17) is 4.55 Å². The molecule has 1 N–H and O–H groups in total. The molecule has 1 atom stereocenters. The molecule has 0 radical (unpaired) electrons. The molecule has 10 heavy (non-hydrogen) atoms. The van der Waals surface area contributed by atoms with Crippen molar-refractivity contribution in [1.82, 2.24) is 4.90 Å². The molecule has 0 aliphatic carbocycles. The third kappa shape index (κ3) is 8.07. The topological polar surface area (TPSA) is 40.5 Å². The molecule has 0 saturated heterocycles. The summed E-state index contributed by atoms with van der Waals surface area (Å²) in [5, 5.41) is 0. The van der Waals surface area contributed by atoms with Gasteiger partial charge in [0.2, 0.25) is 0 Å². The molecule has 4 heteroatoms. The zero-order valence-electron chi connectivity index (χ0n) is 6.54. The second kappa shape index (κ2) is 5.82. The highest BCUT2D eigenvalue weighted by Crippen LogP contribution is 1.91. The summed E-state index contributed by atoms with van der Waals surface area (Å²) in [6, 6.07) is 0. The quantitative estimate of drug-likeness (QED) is 0.478. The van der Waals surface area contributed by atoms with Crippen molar-refractivity contribution in [1.29, 1.82) is 0 Å². The van der Waals surface area contributed by atoms with Crippen LogP contribution >= 0.6 is 0 Å². The second-order valence-corrected chi connectivity index (χ2v) is 3.59. The lowest BCUT2D eigenvalue weighted by atomic mass is 10.3. The van der Waals surface area contributed by atoms with E-state index in [0.717, 1.165) is 19.4 Å². The van der Waals surface area contributed by atoms with Gasteiger partial charge in [0, 0.05) is 5.75 Å². The Labute approximate surface area is 64.7 Å². The molecule has 0 aromatic carbocycles. The van der Waals surface area contributed by atoms with E-state index in [1.165, 1.54) is 0 Å². The third-order valence-electron chi connectivity index (χ3n) is 1.17. The minimum atomic E-state index is -1.60. The molecule has 3 nitrogen and oxygen atoms in total. The van der Waals surface area contributed by atoms with Crippen LogP contribution < -0.4 is 0 Å².